The van der Waals surface area contributed by atoms with E-state index in [-0.39, 0.29) is 17.9 Å². The van der Waals surface area contributed by atoms with Crippen LogP contribution < -0.4 is 10.5 Å². The molecule has 1 amide bonds. The summed E-state index contributed by atoms with van der Waals surface area (Å²) in [6, 6.07) is 14.6. The van der Waals surface area contributed by atoms with Gasteiger partial charge in [-0.2, -0.15) is 0 Å². The quantitative estimate of drug-likeness (QED) is 0.774. The molecule has 120 valence electrons. The maximum atomic E-state index is 12.0. The van der Waals surface area contributed by atoms with Crippen LogP contribution in [0.3, 0.4) is 0 Å². The van der Waals surface area contributed by atoms with E-state index in [1.165, 1.54) is 19.2 Å². The molecule has 0 aromatic heterocycles. The summed E-state index contributed by atoms with van der Waals surface area (Å²) in [5.41, 5.74) is 3.84. The summed E-state index contributed by atoms with van der Waals surface area (Å²) in [4.78, 5) is 23.2. The van der Waals surface area contributed by atoms with Gasteiger partial charge in [-0.15, -0.1) is 0 Å². The van der Waals surface area contributed by atoms with Crippen molar-refractivity contribution >= 4 is 11.9 Å². The van der Waals surface area contributed by atoms with E-state index in [0.29, 0.717) is 5.56 Å². The molecule has 1 unspecified atom stereocenters. The van der Waals surface area contributed by atoms with Gasteiger partial charge in [-0.1, -0.05) is 48.5 Å². The van der Waals surface area contributed by atoms with Gasteiger partial charge in [0.15, 0.2) is 12.2 Å². The molecule has 6 nitrogen and oxygen atoms in total. The second kappa shape index (κ2) is 6.93. The standard InChI is InChI=1S/C17H17NO5/c1-22-15(19)11-23-14-10-6-5-9-13(14)17(21,16(18)20)12-7-3-2-4-8-12/h2-10,21H,11H2,1H3,(H2,18,20). The Hall–Kier alpha value is -2.86. The minimum absolute atomic E-state index is 0.155. The van der Waals surface area contributed by atoms with E-state index in [0.717, 1.165) is 0 Å². The Kier molecular flexibility index (Phi) is 4.98. The Labute approximate surface area is 133 Å². The maximum absolute atomic E-state index is 12.0. The molecule has 0 radical (unpaired) electrons. The van der Waals surface area contributed by atoms with E-state index in [4.69, 9.17) is 10.5 Å². The number of carbonyl (C=O) groups is 2. The van der Waals surface area contributed by atoms with Gasteiger partial charge in [0, 0.05) is 5.56 Å². The first-order valence-corrected chi connectivity index (χ1v) is 6.87. The largest absolute Gasteiger partial charge is 0.481 e. The minimum Gasteiger partial charge on any atom is -0.481 e. The normalized spacial score (nSPS) is 13.0. The van der Waals surface area contributed by atoms with Gasteiger partial charge in [0.05, 0.1) is 7.11 Å². The SMILES string of the molecule is COC(=O)COc1ccccc1C(O)(C(N)=O)c1ccccc1. The molecule has 2 aromatic rings. The molecule has 2 rings (SSSR count). The lowest BCUT2D eigenvalue weighted by Crippen LogP contribution is -2.42. The second-order valence-electron chi connectivity index (χ2n) is 4.80. The number of rotatable bonds is 6. The van der Waals surface area contributed by atoms with E-state index in [1.807, 2.05) is 0 Å². The van der Waals surface area contributed by atoms with Crippen LogP contribution in [0.5, 0.6) is 5.75 Å². The van der Waals surface area contributed by atoms with Gasteiger partial charge in [-0.3, -0.25) is 4.79 Å². The summed E-state index contributed by atoms with van der Waals surface area (Å²) in [6.45, 7) is -0.350. The first-order chi connectivity index (χ1) is 11.0. The third-order valence-electron chi connectivity index (χ3n) is 3.40. The summed E-state index contributed by atoms with van der Waals surface area (Å²) in [5.74, 6) is -1.36. The van der Waals surface area contributed by atoms with Crippen molar-refractivity contribution in [2.75, 3.05) is 13.7 Å². The number of nitrogens with two attached hydrogens (primary N) is 1. The number of amides is 1. The van der Waals surface area contributed by atoms with Crippen molar-refractivity contribution in [1.82, 2.24) is 0 Å². The van der Waals surface area contributed by atoms with Crippen LogP contribution >= 0.6 is 0 Å². The third-order valence-corrected chi connectivity index (χ3v) is 3.40. The molecule has 0 aliphatic heterocycles. The molecule has 0 fully saturated rings. The van der Waals surface area contributed by atoms with Crippen LogP contribution in [0.2, 0.25) is 0 Å². The van der Waals surface area contributed by atoms with Crippen LogP contribution in [0.4, 0.5) is 0 Å². The summed E-state index contributed by atoms with van der Waals surface area (Å²) in [6.07, 6.45) is 0. The molecule has 1 atom stereocenters. The first-order valence-electron chi connectivity index (χ1n) is 6.87. The number of ether oxygens (including phenoxy) is 2. The second-order valence-corrected chi connectivity index (χ2v) is 4.80. The predicted molar refractivity (Wildman–Crippen MR) is 82.6 cm³/mol. The van der Waals surface area contributed by atoms with E-state index in [2.05, 4.69) is 4.74 Å². The average molecular weight is 315 g/mol. The molecule has 0 aliphatic carbocycles. The van der Waals surface area contributed by atoms with Crippen LogP contribution in [0.15, 0.2) is 54.6 Å². The average Bonchev–Trinajstić information content (AvgIpc) is 2.59. The monoisotopic (exact) mass is 315 g/mol. The maximum Gasteiger partial charge on any atom is 0.343 e. The van der Waals surface area contributed by atoms with Crippen LogP contribution in [0.25, 0.3) is 0 Å². The molecular formula is C17H17NO5. The lowest BCUT2D eigenvalue weighted by Gasteiger charge is -2.27. The van der Waals surface area contributed by atoms with Crippen molar-refractivity contribution in [3.8, 4) is 5.75 Å². The van der Waals surface area contributed by atoms with Crippen molar-refractivity contribution in [3.05, 3.63) is 65.7 Å². The zero-order valence-corrected chi connectivity index (χ0v) is 12.6. The number of methoxy groups -OCH3 is 1. The van der Waals surface area contributed by atoms with Gasteiger partial charge < -0.3 is 20.3 Å². The number of hydrogen-bond acceptors (Lipinski definition) is 5. The van der Waals surface area contributed by atoms with Crippen LogP contribution in [-0.4, -0.2) is 30.7 Å². The topological polar surface area (TPSA) is 98.8 Å². The molecule has 0 saturated heterocycles. The minimum atomic E-state index is -2.08. The van der Waals surface area contributed by atoms with Crippen molar-refractivity contribution < 1.29 is 24.2 Å². The van der Waals surface area contributed by atoms with Gasteiger partial charge in [-0.05, 0) is 11.6 Å². The lowest BCUT2D eigenvalue weighted by atomic mass is 9.85. The zero-order valence-electron chi connectivity index (χ0n) is 12.6. The Balaban J connectivity index is 2.49. The van der Waals surface area contributed by atoms with Gasteiger partial charge >= 0.3 is 5.97 Å². The molecule has 0 heterocycles. The Morgan fingerprint density at radius 3 is 2.30 bits per heavy atom. The Morgan fingerprint density at radius 2 is 1.70 bits per heavy atom. The smallest absolute Gasteiger partial charge is 0.343 e. The molecule has 0 spiro atoms. The highest BCUT2D eigenvalue weighted by atomic mass is 16.6. The zero-order chi connectivity index (χ0) is 16.9. The molecule has 23 heavy (non-hydrogen) atoms. The summed E-state index contributed by atoms with van der Waals surface area (Å²) >= 11 is 0. The summed E-state index contributed by atoms with van der Waals surface area (Å²) in [5, 5.41) is 11.0. The molecule has 2 aromatic carbocycles. The molecular weight excluding hydrogens is 298 g/mol. The van der Waals surface area contributed by atoms with Crippen molar-refractivity contribution in [2.24, 2.45) is 5.73 Å². The van der Waals surface area contributed by atoms with Crippen LogP contribution in [0.1, 0.15) is 11.1 Å². The fourth-order valence-corrected chi connectivity index (χ4v) is 2.20. The van der Waals surface area contributed by atoms with Crippen LogP contribution in [0, 0.1) is 0 Å². The van der Waals surface area contributed by atoms with E-state index in [1.54, 1.807) is 42.5 Å². The molecule has 0 bridgehead atoms. The number of carbonyl (C=O) groups excluding carboxylic acids is 2. The number of aliphatic hydroxyl groups is 1. The highest BCUT2D eigenvalue weighted by molar-refractivity contribution is 5.89. The highest BCUT2D eigenvalue weighted by Gasteiger charge is 2.40. The first kappa shape index (κ1) is 16.5. The van der Waals surface area contributed by atoms with Crippen LogP contribution in [-0.2, 0) is 19.9 Å². The molecule has 3 N–H and O–H groups in total. The fraction of sp³-hybridized carbons (Fsp3) is 0.176. The van der Waals surface area contributed by atoms with E-state index in [9.17, 15) is 14.7 Å². The molecule has 6 heteroatoms. The predicted octanol–water partition coefficient (Wildman–Crippen LogP) is 0.960. The van der Waals surface area contributed by atoms with Crippen molar-refractivity contribution in [3.63, 3.8) is 0 Å². The lowest BCUT2D eigenvalue weighted by molar-refractivity contribution is -0.142. The van der Waals surface area contributed by atoms with Crippen molar-refractivity contribution in [2.45, 2.75) is 5.60 Å². The number of benzene rings is 2. The summed E-state index contributed by atoms with van der Waals surface area (Å²) in [7, 11) is 1.24. The van der Waals surface area contributed by atoms with Gasteiger partial charge in [0.25, 0.3) is 5.91 Å². The fourth-order valence-electron chi connectivity index (χ4n) is 2.20. The number of esters is 1. The van der Waals surface area contributed by atoms with Gasteiger partial charge in [0.1, 0.15) is 5.75 Å². The van der Waals surface area contributed by atoms with Gasteiger partial charge in [0.2, 0.25) is 0 Å². The van der Waals surface area contributed by atoms with E-state index >= 15 is 0 Å². The highest BCUT2D eigenvalue weighted by Crippen LogP contribution is 2.35. The number of para-hydroxylation sites is 1. The molecule has 0 saturated carbocycles. The van der Waals surface area contributed by atoms with E-state index < -0.39 is 17.5 Å². The number of primary amides is 1. The number of hydrogen-bond donors (Lipinski definition) is 2. The Bertz CT molecular complexity index is 701. The van der Waals surface area contributed by atoms with Crippen molar-refractivity contribution in [1.29, 1.82) is 0 Å². The molecule has 0 aliphatic rings. The Morgan fingerprint density at radius 1 is 1.09 bits per heavy atom. The third kappa shape index (κ3) is 3.32. The summed E-state index contributed by atoms with van der Waals surface area (Å²) < 4.78 is 9.88. The van der Waals surface area contributed by atoms with Gasteiger partial charge in [-0.25, -0.2) is 4.79 Å².